The maximum Gasteiger partial charge on any atom is 0.163 e. The van der Waals surface area contributed by atoms with E-state index < -0.39 is 11.6 Å². The third-order valence-electron chi connectivity index (χ3n) is 2.69. The molecule has 0 aromatic heterocycles. The molecule has 1 aliphatic heterocycles. The number of anilines is 1. The molecule has 0 spiro atoms. The van der Waals surface area contributed by atoms with Gasteiger partial charge in [-0.15, -0.1) is 0 Å². The third kappa shape index (κ3) is 2.97. The van der Waals surface area contributed by atoms with Gasteiger partial charge in [0.25, 0.3) is 0 Å². The van der Waals surface area contributed by atoms with Gasteiger partial charge in [-0.25, -0.2) is 4.39 Å². The molecule has 1 N–H and O–H groups in total. The van der Waals surface area contributed by atoms with Crippen LogP contribution in [0.15, 0.2) is 18.2 Å². The summed E-state index contributed by atoms with van der Waals surface area (Å²) >= 11 is 0. The quantitative estimate of drug-likeness (QED) is 0.894. The van der Waals surface area contributed by atoms with Crippen molar-refractivity contribution in [3.63, 3.8) is 0 Å². The first-order valence-electron chi connectivity index (χ1n) is 5.75. The number of rotatable bonds is 3. The highest BCUT2D eigenvalue weighted by Gasteiger charge is 2.32. The molecule has 1 aromatic carbocycles. The molecule has 96 valence electrons. The molecule has 1 aromatic rings. The van der Waals surface area contributed by atoms with Crippen LogP contribution in [0.4, 0.5) is 10.1 Å². The van der Waals surface area contributed by atoms with Crippen molar-refractivity contribution in [2.75, 3.05) is 18.5 Å². The van der Waals surface area contributed by atoms with Crippen molar-refractivity contribution in [1.82, 2.24) is 0 Å². The molecule has 1 saturated heterocycles. The highest BCUT2D eigenvalue weighted by atomic mass is 19.1. The van der Waals surface area contributed by atoms with Gasteiger partial charge in [-0.2, -0.15) is 5.26 Å². The van der Waals surface area contributed by atoms with E-state index >= 15 is 0 Å². The van der Waals surface area contributed by atoms with Crippen LogP contribution in [0.3, 0.4) is 0 Å². The van der Waals surface area contributed by atoms with E-state index in [-0.39, 0.29) is 6.10 Å². The second-order valence-electron chi connectivity index (χ2n) is 4.64. The fourth-order valence-corrected chi connectivity index (χ4v) is 1.82. The van der Waals surface area contributed by atoms with E-state index in [2.05, 4.69) is 5.32 Å². The van der Waals surface area contributed by atoms with Gasteiger partial charge in [0.2, 0.25) is 0 Å². The molecule has 4 nitrogen and oxygen atoms in total. The second-order valence-corrected chi connectivity index (χ2v) is 4.64. The van der Waals surface area contributed by atoms with Crippen LogP contribution in [0.1, 0.15) is 19.4 Å². The van der Waals surface area contributed by atoms with E-state index in [1.165, 1.54) is 6.07 Å². The number of ether oxygens (including phenoxy) is 2. The van der Waals surface area contributed by atoms with E-state index in [9.17, 15) is 4.39 Å². The van der Waals surface area contributed by atoms with Crippen molar-refractivity contribution < 1.29 is 13.9 Å². The molecule has 1 aliphatic rings. The van der Waals surface area contributed by atoms with Gasteiger partial charge >= 0.3 is 0 Å². The Morgan fingerprint density at radius 3 is 2.89 bits per heavy atom. The van der Waals surface area contributed by atoms with Crippen molar-refractivity contribution >= 4 is 5.69 Å². The molecule has 1 unspecified atom stereocenters. The van der Waals surface area contributed by atoms with Crippen LogP contribution >= 0.6 is 0 Å². The Morgan fingerprint density at radius 2 is 2.33 bits per heavy atom. The van der Waals surface area contributed by atoms with Crippen LogP contribution in [-0.2, 0) is 9.47 Å². The third-order valence-corrected chi connectivity index (χ3v) is 2.69. The molecule has 18 heavy (non-hydrogen) atoms. The van der Waals surface area contributed by atoms with Crippen molar-refractivity contribution in [1.29, 1.82) is 5.26 Å². The smallest absolute Gasteiger partial charge is 0.163 e. The fraction of sp³-hybridized carbons (Fsp3) is 0.462. The lowest BCUT2D eigenvalue weighted by atomic mass is 10.2. The Morgan fingerprint density at radius 1 is 1.56 bits per heavy atom. The van der Waals surface area contributed by atoms with Crippen LogP contribution < -0.4 is 5.32 Å². The SMILES string of the molecule is CC1(C)OCC(CNc2ccc(C#N)cc2F)O1. The first-order valence-corrected chi connectivity index (χ1v) is 5.75. The van der Waals surface area contributed by atoms with Crippen LogP contribution in [0, 0.1) is 17.1 Å². The predicted molar refractivity (Wildman–Crippen MR) is 64.5 cm³/mol. The van der Waals surface area contributed by atoms with Crippen LogP contribution in [-0.4, -0.2) is 25.0 Å². The standard InChI is InChI=1S/C13H15FN2O2/c1-13(2)17-8-10(18-13)7-16-12-4-3-9(6-15)5-11(12)14/h3-5,10,16H,7-8H2,1-2H3. The van der Waals surface area contributed by atoms with Crippen LogP contribution in [0.2, 0.25) is 0 Å². The highest BCUT2D eigenvalue weighted by Crippen LogP contribution is 2.23. The lowest BCUT2D eigenvalue weighted by molar-refractivity contribution is -0.136. The highest BCUT2D eigenvalue weighted by molar-refractivity contribution is 5.48. The maximum absolute atomic E-state index is 13.6. The Balaban J connectivity index is 1.93. The second kappa shape index (κ2) is 4.92. The summed E-state index contributed by atoms with van der Waals surface area (Å²) in [7, 11) is 0. The summed E-state index contributed by atoms with van der Waals surface area (Å²) in [5.41, 5.74) is 0.668. The maximum atomic E-state index is 13.6. The van der Waals surface area contributed by atoms with Gasteiger partial charge in [0.1, 0.15) is 11.9 Å². The van der Waals surface area contributed by atoms with E-state index in [4.69, 9.17) is 14.7 Å². The van der Waals surface area contributed by atoms with Gasteiger partial charge in [0.05, 0.1) is 23.9 Å². The van der Waals surface area contributed by atoms with Crippen molar-refractivity contribution in [2.45, 2.75) is 25.7 Å². The lowest BCUT2D eigenvalue weighted by Crippen LogP contribution is -2.26. The average Bonchev–Trinajstić information content (AvgIpc) is 2.67. The van der Waals surface area contributed by atoms with Gasteiger partial charge in [-0.3, -0.25) is 0 Å². The molecule has 1 heterocycles. The monoisotopic (exact) mass is 250 g/mol. The minimum Gasteiger partial charge on any atom is -0.380 e. The summed E-state index contributed by atoms with van der Waals surface area (Å²) in [5.74, 6) is -1.01. The summed E-state index contributed by atoms with van der Waals surface area (Å²) in [6.45, 7) is 4.63. The fourth-order valence-electron chi connectivity index (χ4n) is 1.82. The number of hydrogen-bond acceptors (Lipinski definition) is 4. The molecule has 0 saturated carbocycles. The van der Waals surface area contributed by atoms with Gasteiger partial charge in [0.15, 0.2) is 5.79 Å². The summed E-state index contributed by atoms with van der Waals surface area (Å²) in [6.07, 6.45) is -0.102. The van der Waals surface area contributed by atoms with E-state index in [0.717, 1.165) is 0 Å². The molecule has 0 aliphatic carbocycles. The van der Waals surface area contributed by atoms with Crippen molar-refractivity contribution in [3.05, 3.63) is 29.6 Å². The Bertz CT molecular complexity index is 482. The van der Waals surface area contributed by atoms with Gasteiger partial charge < -0.3 is 14.8 Å². The van der Waals surface area contributed by atoms with E-state index in [1.807, 2.05) is 19.9 Å². The number of nitriles is 1. The van der Waals surface area contributed by atoms with Crippen molar-refractivity contribution in [2.24, 2.45) is 0 Å². The minimum atomic E-state index is -0.574. The Kier molecular flexibility index (Phi) is 3.50. The first-order chi connectivity index (χ1) is 8.50. The zero-order valence-corrected chi connectivity index (χ0v) is 10.4. The van der Waals surface area contributed by atoms with Crippen LogP contribution in [0.25, 0.3) is 0 Å². The zero-order chi connectivity index (χ0) is 13.2. The van der Waals surface area contributed by atoms with Crippen LogP contribution in [0.5, 0.6) is 0 Å². The Labute approximate surface area is 105 Å². The summed E-state index contributed by atoms with van der Waals surface area (Å²) < 4.78 is 24.6. The number of nitrogens with zero attached hydrogens (tertiary/aromatic N) is 1. The topological polar surface area (TPSA) is 54.3 Å². The van der Waals surface area contributed by atoms with Gasteiger partial charge in [-0.05, 0) is 32.0 Å². The molecule has 5 heteroatoms. The molecule has 0 bridgehead atoms. The van der Waals surface area contributed by atoms with Gasteiger partial charge in [-0.1, -0.05) is 0 Å². The van der Waals surface area contributed by atoms with Gasteiger partial charge in [0, 0.05) is 6.54 Å². The number of halogens is 1. The summed E-state index contributed by atoms with van der Waals surface area (Å²) in [4.78, 5) is 0. The number of benzene rings is 1. The molecule has 1 fully saturated rings. The summed E-state index contributed by atoms with van der Waals surface area (Å²) in [6, 6.07) is 6.22. The van der Waals surface area contributed by atoms with E-state index in [0.29, 0.717) is 24.4 Å². The zero-order valence-electron chi connectivity index (χ0n) is 10.4. The lowest BCUT2D eigenvalue weighted by Gasteiger charge is -2.17. The normalized spacial score (nSPS) is 21.6. The number of nitrogens with one attached hydrogen (secondary N) is 1. The Hall–Kier alpha value is -1.64. The van der Waals surface area contributed by atoms with Crippen molar-refractivity contribution in [3.8, 4) is 6.07 Å². The molecule has 1 atom stereocenters. The number of hydrogen-bond donors (Lipinski definition) is 1. The molecule has 0 radical (unpaired) electrons. The molecule has 0 amide bonds. The predicted octanol–water partition coefficient (Wildman–Crippen LogP) is 2.26. The molecular weight excluding hydrogens is 235 g/mol. The van der Waals surface area contributed by atoms with E-state index in [1.54, 1.807) is 12.1 Å². The first kappa shape index (κ1) is 12.8. The summed E-state index contributed by atoms with van der Waals surface area (Å²) in [5, 5.41) is 11.6. The average molecular weight is 250 g/mol. The minimum absolute atomic E-state index is 0.102. The largest absolute Gasteiger partial charge is 0.380 e. The molecular formula is C13H15FN2O2. The molecule has 2 rings (SSSR count).